The second-order valence-corrected chi connectivity index (χ2v) is 7.46. The maximum atomic E-state index is 12.0. The van der Waals surface area contributed by atoms with Gasteiger partial charge in [0.1, 0.15) is 0 Å². The maximum Gasteiger partial charge on any atom is 0.243 e. The minimum Gasteiger partial charge on any atom is -0.376 e. The van der Waals surface area contributed by atoms with Crippen LogP contribution < -0.4 is 10.6 Å². The number of anilines is 2. The molecule has 0 aliphatic heterocycles. The minimum absolute atomic E-state index is 0.137. The minimum atomic E-state index is -3.23. The van der Waals surface area contributed by atoms with Gasteiger partial charge in [0.2, 0.25) is 5.91 Å². The molecule has 2 aromatic carbocycles. The Morgan fingerprint density at radius 1 is 1.04 bits per heavy atom. The average Bonchev–Trinajstić information content (AvgIpc) is 2.48. The summed E-state index contributed by atoms with van der Waals surface area (Å²) < 4.78 is 22.8. The summed E-state index contributed by atoms with van der Waals surface area (Å²) in [5, 5.41) is 5.83. The summed E-state index contributed by atoms with van der Waals surface area (Å²) in [6, 6.07) is 12.0. The third-order valence-electron chi connectivity index (χ3n) is 3.61. The summed E-state index contributed by atoms with van der Waals surface area (Å²) in [7, 11) is -3.23. The lowest BCUT2D eigenvalue weighted by molar-refractivity contribution is -0.114. The summed E-state index contributed by atoms with van der Waals surface area (Å²) in [5.41, 5.74) is 3.75. The van der Waals surface area contributed by atoms with Crippen molar-refractivity contribution in [2.75, 3.05) is 23.4 Å². The van der Waals surface area contributed by atoms with E-state index in [2.05, 4.69) is 10.6 Å². The zero-order valence-electron chi connectivity index (χ0n) is 13.4. The number of aryl methyl sites for hydroxylation is 1. The van der Waals surface area contributed by atoms with Crippen LogP contribution in [0.25, 0.3) is 0 Å². The van der Waals surface area contributed by atoms with Gasteiger partial charge in [-0.2, -0.15) is 0 Å². The number of carbonyl (C=O) groups is 1. The third kappa shape index (κ3) is 4.56. The molecule has 0 saturated heterocycles. The highest BCUT2D eigenvalue weighted by Crippen LogP contribution is 2.18. The van der Waals surface area contributed by atoms with Crippen molar-refractivity contribution < 1.29 is 13.2 Å². The first kappa shape index (κ1) is 17.0. The van der Waals surface area contributed by atoms with Gasteiger partial charge in [0.25, 0.3) is 0 Å². The van der Waals surface area contributed by atoms with Gasteiger partial charge in [-0.05, 0) is 55.3 Å². The Bertz CT molecular complexity index is 812. The number of benzene rings is 2. The lowest BCUT2D eigenvalue weighted by Gasteiger charge is -2.11. The first-order valence-electron chi connectivity index (χ1n) is 7.17. The molecular formula is C17H20N2O3S. The molecule has 0 aliphatic carbocycles. The van der Waals surface area contributed by atoms with Gasteiger partial charge < -0.3 is 10.6 Å². The molecule has 23 heavy (non-hydrogen) atoms. The van der Waals surface area contributed by atoms with Crippen molar-refractivity contribution >= 4 is 27.1 Å². The quantitative estimate of drug-likeness (QED) is 0.883. The predicted octanol–water partition coefficient (Wildman–Crippen LogP) is 2.76. The molecule has 2 rings (SSSR count). The van der Waals surface area contributed by atoms with Gasteiger partial charge in [-0.3, -0.25) is 4.79 Å². The number of hydrogen-bond donors (Lipinski definition) is 2. The lowest BCUT2D eigenvalue weighted by atomic mass is 10.1. The van der Waals surface area contributed by atoms with E-state index in [-0.39, 0.29) is 17.3 Å². The fraction of sp³-hybridized carbons (Fsp3) is 0.235. The van der Waals surface area contributed by atoms with Crippen molar-refractivity contribution in [3.63, 3.8) is 0 Å². The van der Waals surface area contributed by atoms with Crippen LogP contribution in [-0.4, -0.2) is 27.1 Å². The molecule has 0 spiro atoms. The topological polar surface area (TPSA) is 75.3 Å². The first-order chi connectivity index (χ1) is 10.8. The van der Waals surface area contributed by atoms with E-state index >= 15 is 0 Å². The van der Waals surface area contributed by atoms with Crippen LogP contribution in [0.3, 0.4) is 0 Å². The summed E-state index contributed by atoms with van der Waals surface area (Å²) in [4.78, 5) is 12.2. The number of sulfone groups is 1. The summed E-state index contributed by atoms with van der Waals surface area (Å²) in [6.45, 7) is 4.15. The van der Waals surface area contributed by atoms with Crippen molar-refractivity contribution in [3.05, 3.63) is 53.6 Å². The number of amides is 1. The number of hydrogen-bond acceptors (Lipinski definition) is 4. The molecule has 0 heterocycles. The molecule has 2 aromatic rings. The second-order valence-electron chi connectivity index (χ2n) is 5.45. The lowest BCUT2D eigenvalue weighted by Crippen LogP contribution is -2.22. The Kier molecular flexibility index (Phi) is 5.05. The zero-order chi connectivity index (χ0) is 17.0. The van der Waals surface area contributed by atoms with Crippen LogP contribution in [-0.2, 0) is 14.6 Å². The molecule has 6 heteroatoms. The maximum absolute atomic E-state index is 12.0. The van der Waals surface area contributed by atoms with Crippen LogP contribution >= 0.6 is 0 Å². The van der Waals surface area contributed by atoms with E-state index in [1.165, 1.54) is 12.1 Å². The van der Waals surface area contributed by atoms with Crippen LogP contribution in [0.5, 0.6) is 0 Å². The van der Waals surface area contributed by atoms with Gasteiger partial charge in [-0.25, -0.2) is 8.42 Å². The van der Waals surface area contributed by atoms with Gasteiger partial charge in [0, 0.05) is 17.6 Å². The second kappa shape index (κ2) is 6.83. The molecule has 0 bridgehead atoms. The Morgan fingerprint density at radius 3 is 2.30 bits per heavy atom. The van der Waals surface area contributed by atoms with E-state index in [9.17, 15) is 13.2 Å². The standard InChI is InChI=1S/C17H20N2O3S/c1-12-5-4-6-16(13(12)2)18-11-17(20)19-14-7-9-15(10-8-14)23(3,21)22/h4-10,18H,11H2,1-3H3,(H,19,20). The normalized spacial score (nSPS) is 11.1. The zero-order valence-corrected chi connectivity index (χ0v) is 14.2. The monoisotopic (exact) mass is 332 g/mol. The fourth-order valence-corrected chi connectivity index (χ4v) is 2.74. The summed E-state index contributed by atoms with van der Waals surface area (Å²) in [6.07, 6.45) is 1.15. The van der Waals surface area contributed by atoms with Gasteiger partial charge in [-0.15, -0.1) is 0 Å². The van der Waals surface area contributed by atoms with Crippen LogP contribution in [0.2, 0.25) is 0 Å². The van der Waals surface area contributed by atoms with Crippen LogP contribution in [0, 0.1) is 13.8 Å². The molecular weight excluding hydrogens is 312 g/mol. The SMILES string of the molecule is Cc1cccc(NCC(=O)Nc2ccc(S(C)(=O)=O)cc2)c1C. The van der Waals surface area contributed by atoms with Gasteiger partial charge in [0.15, 0.2) is 9.84 Å². The molecule has 2 N–H and O–H groups in total. The third-order valence-corrected chi connectivity index (χ3v) is 4.74. The van der Waals surface area contributed by atoms with Crippen molar-refractivity contribution in [1.29, 1.82) is 0 Å². The van der Waals surface area contributed by atoms with E-state index in [1.807, 2.05) is 32.0 Å². The van der Waals surface area contributed by atoms with E-state index in [0.29, 0.717) is 5.69 Å². The van der Waals surface area contributed by atoms with Crippen molar-refractivity contribution in [1.82, 2.24) is 0 Å². The van der Waals surface area contributed by atoms with Gasteiger partial charge in [-0.1, -0.05) is 12.1 Å². The molecule has 0 aromatic heterocycles. The smallest absolute Gasteiger partial charge is 0.243 e. The average molecular weight is 332 g/mol. The largest absolute Gasteiger partial charge is 0.376 e. The molecule has 122 valence electrons. The Hall–Kier alpha value is -2.34. The Balaban J connectivity index is 1.96. The number of carbonyl (C=O) groups excluding carboxylic acids is 1. The van der Waals surface area contributed by atoms with E-state index in [1.54, 1.807) is 12.1 Å². The van der Waals surface area contributed by atoms with Crippen LogP contribution in [0.1, 0.15) is 11.1 Å². The van der Waals surface area contributed by atoms with E-state index in [0.717, 1.165) is 23.1 Å². The number of rotatable bonds is 5. The molecule has 0 atom stereocenters. The summed E-state index contributed by atoms with van der Waals surface area (Å²) >= 11 is 0. The molecule has 1 amide bonds. The molecule has 5 nitrogen and oxygen atoms in total. The van der Waals surface area contributed by atoms with Gasteiger partial charge in [0.05, 0.1) is 11.4 Å². The Morgan fingerprint density at radius 2 is 1.70 bits per heavy atom. The highest BCUT2D eigenvalue weighted by molar-refractivity contribution is 7.90. The predicted molar refractivity (Wildman–Crippen MR) is 92.6 cm³/mol. The number of nitrogens with one attached hydrogen (secondary N) is 2. The first-order valence-corrected chi connectivity index (χ1v) is 9.06. The highest BCUT2D eigenvalue weighted by atomic mass is 32.2. The molecule has 0 saturated carbocycles. The molecule has 0 unspecified atom stereocenters. The van der Waals surface area contributed by atoms with Crippen molar-refractivity contribution in [3.8, 4) is 0 Å². The molecule has 0 aliphatic rings. The van der Waals surface area contributed by atoms with Crippen molar-refractivity contribution in [2.45, 2.75) is 18.7 Å². The van der Waals surface area contributed by atoms with Crippen LogP contribution in [0.4, 0.5) is 11.4 Å². The van der Waals surface area contributed by atoms with Crippen LogP contribution in [0.15, 0.2) is 47.4 Å². The Labute approximate surface area is 136 Å². The van der Waals surface area contributed by atoms with E-state index in [4.69, 9.17) is 0 Å². The molecule has 0 radical (unpaired) electrons. The molecule has 0 fully saturated rings. The van der Waals surface area contributed by atoms with Crippen molar-refractivity contribution in [2.24, 2.45) is 0 Å². The fourth-order valence-electron chi connectivity index (χ4n) is 2.11. The highest BCUT2D eigenvalue weighted by Gasteiger charge is 2.08. The van der Waals surface area contributed by atoms with E-state index < -0.39 is 9.84 Å². The van der Waals surface area contributed by atoms with Gasteiger partial charge >= 0.3 is 0 Å². The summed E-state index contributed by atoms with van der Waals surface area (Å²) in [5.74, 6) is -0.196.